The number of piperazine rings is 1. The predicted octanol–water partition coefficient (Wildman–Crippen LogP) is -0.632. The Kier molecular flexibility index (Phi) is 8.32. The fraction of sp³-hybridized carbons (Fsp3) is 0.818. The van der Waals surface area contributed by atoms with Crippen LogP contribution in [-0.4, -0.2) is 64.8 Å². The van der Waals surface area contributed by atoms with Gasteiger partial charge in [0.15, 0.2) is 0 Å². The molecule has 0 aromatic heterocycles. The summed E-state index contributed by atoms with van der Waals surface area (Å²) in [7, 11) is 0. The van der Waals surface area contributed by atoms with E-state index in [-0.39, 0.29) is 23.0 Å². The van der Waals surface area contributed by atoms with Gasteiger partial charge in [-0.25, -0.2) is 4.79 Å². The third-order valence-corrected chi connectivity index (χ3v) is 2.15. The first-order valence-corrected chi connectivity index (χ1v) is 5.69. The van der Waals surface area contributed by atoms with E-state index in [0.29, 0.717) is 26.2 Å². The van der Waals surface area contributed by atoms with Crippen LogP contribution in [0.2, 0.25) is 0 Å². The van der Waals surface area contributed by atoms with Gasteiger partial charge in [-0.05, 0) is 20.8 Å². The minimum atomic E-state index is -0.482. The quantitative estimate of drug-likeness (QED) is 0.632. The van der Waals surface area contributed by atoms with E-state index < -0.39 is 5.60 Å². The molecule has 4 N–H and O–H groups in total. The largest absolute Gasteiger partial charge is 0.444 e. The molecular weight excluding hydrogens is 256 g/mol. The Balaban J connectivity index is 0. The normalized spacial score (nSPS) is 15.9. The average molecular weight is 280 g/mol. The molecule has 0 atom stereocenters. The van der Waals surface area contributed by atoms with E-state index in [0.717, 1.165) is 0 Å². The molecule has 0 bridgehead atoms. The number of ether oxygens (including phenoxy) is 1. The predicted molar refractivity (Wildman–Crippen MR) is 68.4 cm³/mol. The van der Waals surface area contributed by atoms with Crippen LogP contribution in [0.15, 0.2) is 0 Å². The number of amides is 1. The Morgan fingerprint density at radius 3 is 1.84 bits per heavy atom. The Morgan fingerprint density at radius 2 is 1.47 bits per heavy atom. The van der Waals surface area contributed by atoms with Gasteiger partial charge in [-0.1, -0.05) is 0 Å². The van der Waals surface area contributed by atoms with Crippen molar-refractivity contribution in [3.05, 3.63) is 0 Å². The highest BCUT2D eigenvalue weighted by atomic mass is 16.7. The van der Waals surface area contributed by atoms with Gasteiger partial charge in [-0.15, -0.1) is 5.06 Å². The molecule has 0 saturated carbocycles. The van der Waals surface area contributed by atoms with E-state index in [1.807, 2.05) is 20.8 Å². The summed E-state index contributed by atoms with van der Waals surface area (Å²) in [4.78, 5) is 29.0. The molecule has 19 heavy (non-hydrogen) atoms. The molecule has 1 saturated heterocycles. The van der Waals surface area contributed by atoms with Gasteiger partial charge in [0.2, 0.25) is 0 Å². The van der Waals surface area contributed by atoms with Crippen LogP contribution >= 0.6 is 0 Å². The lowest BCUT2D eigenvalue weighted by Crippen LogP contribution is -2.50. The molecule has 1 fully saturated rings. The number of carbonyl (C=O) groups excluding carboxylic acids is 2. The van der Waals surface area contributed by atoms with E-state index in [1.54, 1.807) is 9.96 Å². The molecule has 0 aliphatic carbocycles. The molecule has 8 nitrogen and oxygen atoms in total. The zero-order chi connectivity index (χ0) is 13.1. The maximum Gasteiger partial charge on any atom is 0.410 e. The lowest BCUT2D eigenvalue weighted by atomic mass is 10.2. The summed E-state index contributed by atoms with van der Waals surface area (Å²) in [5.74, 6) is -0.337. The molecule has 1 heterocycles. The maximum atomic E-state index is 11.7. The van der Waals surface area contributed by atoms with E-state index in [2.05, 4.69) is 0 Å². The van der Waals surface area contributed by atoms with Crippen molar-refractivity contribution in [3.8, 4) is 0 Å². The summed E-state index contributed by atoms with van der Waals surface area (Å²) in [6.07, 6.45) is -0.319. The third-order valence-electron chi connectivity index (χ3n) is 2.15. The number of hydroxylamine groups is 2. The van der Waals surface area contributed by atoms with Crippen LogP contribution in [-0.2, 0) is 14.4 Å². The molecule has 0 radical (unpaired) electrons. The molecule has 0 aromatic carbocycles. The monoisotopic (exact) mass is 280 g/mol. The van der Waals surface area contributed by atoms with Crippen LogP contribution in [0.5, 0.6) is 0 Å². The Labute approximate surface area is 112 Å². The van der Waals surface area contributed by atoms with Gasteiger partial charge in [0.1, 0.15) is 5.60 Å². The van der Waals surface area contributed by atoms with Crippen LogP contribution < -0.4 is 0 Å². The minimum absolute atomic E-state index is 0. The van der Waals surface area contributed by atoms with Crippen LogP contribution in [0.3, 0.4) is 0 Å². The molecular formula is C11H24N2O6. The van der Waals surface area contributed by atoms with Gasteiger partial charge in [0, 0.05) is 20.0 Å². The van der Waals surface area contributed by atoms with Crippen molar-refractivity contribution >= 4 is 12.1 Å². The summed E-state index contributed by atoms with van der Waals surface area (Å²) in [5, 5.41) is 1.56. The van der Waals surface area contributed by atoms with E-state index in [1.165, 1.54) is 6.92 Å². The topological polar surface area (TPSA) is 122 Å². The molecule has 8 heteroatoms. The van der Waals surface area contributed by atoms with Gasteiger partial charge >= 0.3 is 12.1 Å². The van der Waals surface area contributed by atoms with E-state index in [4.69, 9.17) is 9.57 Å². The average Bonchev–Trinajstić information content (AvgIpc) is 2.15. The number of hydrogen-bond acceptors (Lipinski definition) is 5. The first kappa shape index (κ1) is 19.9. The molecule has 0 aromatic rings. The van der Waals surface area contributed by atoms with Crippen LogP contribution in [0, 0.1) is 0 Å². The molecule has 1 aliphatic rings. The van der Waals surface area contributed by atoms with Gasteiger partial charge in [-0.2, -0.15) is 0 Å². The van der Waals surface area contributed by atoms with Crippen molar-refractivity contribution in [1.29, 1.82) is 0 Å². The minimum Gasteiger partial charge on any atom is -0.444 e. The summed E-state index contributed by atoms with van der Waals surface area (Å²) in [5.41, 5.74) is -0.482. The molecule has 1 rings (SSSR count). The summed E-state index contributed by atoms with van der Waals surface area (Å²) >= 11 is 0. The van der Waals surface area contributed by atoms with Gasteiger partial charge in [-0.3, -0.25) is 4.79 Å². The second-order valence-electron chi connectivity index (χ2n) is 4.98. The number of carbonyl (C=O) groups is 2. The van der Waals surface area contributed by atoms with E-state index >= 15 is 0 Å². The second kappa shape index (κ2) is 7.93. The van der Waals surface area contributed by atoms with Gasteiger partial charge in [0.25, 0.3) is 0 Å². The Bertz CT molecular complexity index is 294. The highest BCUT2D eigenvalue weighted by Gasteiger charge is 2.26. The molecule has 1 aliphatic heterocycles. The smallest absolute Gasteiger partial charge is 0.410 e. The van der Waals surface area contributed by atoms with Crippen molar-refractivity contribution in [2.24, 2.45) is 0 Å². The second-order valence-corrected chi connectivity index (χ2v) is 4.98. The highest BCUT2D eigenvalue weighted by Crippen LogP contribution is 2.11. The number of hydrogen-bond donors (Lipinski definition) is 0. The fourth-order valence-corrected chi connectivity index (χ4v) is 1.47. The standard InChI is InChI=1S/C11H20N2O4.2H2O/c1-9(14)17-13-7-5-12(6-8-13)10(15)16-11(2,3)4;;/h5-8H2,1-4H3;2*1H2. The number of rotatable bonds is 1. The van der Waals surface area contributed by atoms with Crippen LogP contribution in [0.1, 0.15) is 27.7 Å². The molecule has 0 spiro atoms. The highest BCUT2D eigenvalue weighted by molar-refractivity contribution is 5.68. The zero-order valence-corrected chi connectivity index (χ0v) is 11.9. The van der Waals surface area contributed by atoms with Crippen molar-refractivity contribution in [3.63, 3.8) is 0 Å². The first-order chi connectivity index (χ1) is 7.78. The lowest BCUT2D eigenvalue weighted by Gasteiger charge is -2.34. The fourth-order valence-electron chi connectivity index (χ4n) is 1.47. The number of nitrogens with zero attached hydrogens (tertiary/aromatic N) is 2. The van der Waals surface area contributed by atoms with Crippen molar-refractivity contribution < 1.29 is 30.1 Å². The molecule has 1 amide bonds. The van der Waals surface area contributed by atoms with Crippen molar-refractivity contribution in [2.45, 2.75) is 33.3 Å². The van der Waals surface area contributed by atoms with Crippen LogP contribution in [0.4, 0.5) is 4.79 Å². The Hall–Kier alpha value is -1.38. The third kappa shape index (κ3) is 7.60. The molecule has 0 unspecified atom stereocenters. The summed E-state index contributed by atoms with van der Waals surface area (Å²) in [6, 6.07) is 0. The SMILES string of the molecule is CC(=O)ON1CCN(C(=O)OC(C)(C)C)CC1.O.O. The summed E-state index contributed by atoms with van der Waals surface area (Å²) in [6.45, 7) is 8.89. The van der Waals surface area contributed by atoms with E-state index in [9.17, 15) is 9.59 Å². The van der Waals surface area contributed by atoms with Crippen molar-refractivity contribution in [1.82, 2.24) is 9.96 Å². The van der Waals surface area contributed by atoms with Crippen molar-refractivity contribution in [2.75, 3.05) is 26.2 Å². The lowest BCUT2D eigenvalue weighted by molar-refractivity contribution is -0.193. The van der Waals surface area contributed by atoms with Gasteiger partial charge < -0.3 is 25.4 Å². The molecule has 114 valence electrons. The maximum absolute atomic E-state index is 11.7. The van der Waals surface area contributed by atoms with Crippen LogP contribution in [0.25, 0.3) is 0 Å². The van der Waals surface area contributed by atoms with Gasteiger partial charge in [0.05, 0.1) is 13.1 Å². The first-order valence-electron chi connectivity index (χ1n) is 5.69. The zero-order valence-electron chi connectivity index (χ0n) is 11.9. The summed E-state index contributed by atoms with van der Waals surface area (Å²) < 4.78 is 5.25. The Morgan fingerprint density at radius 1 is 1.00 bits per heavy atom.